The topological polar surface area (TPSA) is 45.8 Å². The van der Waals surface area contributed by atoms with Crippen molar-refractivity contribution in [1.82, 2.24) is 9.97 Å². The molecule has 0 saturated heterocycles. The van der Waals surface area contributed by atoms with Gasteiger partial charge in [-0.15, -0.1) is 0 Å². The predicted molar refractivity (Wildman–Crippen MR) is 56.5 cm³/mol. The van der Waals surface area contributed by atoms with Crippen LogP contribution in [-0.2, 0) is 0 Å². The van der Waals surface area contributed by atoms with E-state index in [2.05, 4.69) is 23.8 Å². The number of rotatable bonds is 1. The van der Waals surface area contributed by atoms with E-state index in [0.717, 1.165) is 11.2 Å². The van der Waals surface area contributed by atoms with Crippen LogP contribution < -0.4 is 5.43 Å². The van der Waals surface area contributed by atoms with E-state index in [-0.39, 0.29) is 5.43 Å². The van der Waals surface area contributed by atoms with Crippen molar-refractivity contribution in [2.75, 3.05) is 0 Å². The third kappa shape index (κ3) is 1.31. The highest BCUT2D eigenvalue weighted by atomic mass is 16.1. The molecule has 72 valence electrons. The van der Waals surface area contributed by atoms with Gasteiger partial charge in [0.2, 0.25) is 0 Å². The molecule has 14 heavy (non-hydrogen) atoms. The molecule has 0 amide bonds. The number of fused-ring (bicyclic) bond motifs is 1. The molecule has 0 unspecified atom stereocenters. The molecule has 2 heterocycles. The number of hydrogen-bond acceptors (Lipinski definition) is 2. The SMILES string of the molecule is CC(C)c1nccc2c(=O)cc[nH]c12. The van der Waals surface area contributed by atoms with Crippen molar-refractivity contribution >= 4 is 10.9 Å². The summed E-state index contributed by atoms with van der Waals surface area (Å²) in [5.74, 6) is 0.316. The third-order valence-electron chi connectivity index (χ3n) is 2.26. The van der Waals surface area contributed by atoms with Gasteiger partial charge >= 0.3 is 0 Å². The van der Waals surface area contributed by atoms with E-state index in [4.69, 9.17) is 0 Å². The maximum atomic E-state index is 11.5. The highest BCUT2D eigenvalue weighted by Crippen LogP contribution is 2.18. The smallest absolute Gasteiger partial charge is 0.189 e. The van der Waals surface area contributed by atoms with Gasteiger partial charge in [-0.2, -0.15) is 0 Å². The summed E-state index contributed by atoms with van der Waals surface area (Å²) in [5, 5.41) is 0.714. The molecule has 3 heteroatoms. The minimum absolute atomic E-state index is 0.0445. The van der Waals surface area contributed by atoms with Gasteiger partial charge in [0, 0.05) is 23.8 Å². The van der Waals surface area contributed by atoms with Gasteiger partial charge in [0.05, 0.1) is 11.2 Å². The summed E-state index contributed by atoms with van der Waals surface area (Å²) in [6.45, 7) is 4.13. The number of pyridine rings is 2. The molecule has 0 atom stereocenters. The van der Waals surface area contributed by atoms with Gasteiger partial charge in [-0.25, -0.2) is 0 Å². The minimum Gasteiger partial charge on any atom is -0.359 e. The first-order chi connectivity index (χ1) is 6.70. The quantitative estimate of drug-likeness (QED) is 0.744. The monoisotopic (exact) mass is 188 g/mol. The van der Waals surface area contributed by atoms with Crippen molar-refractivity contribution in [2.45, 2.75) is 19.8 Å². The number of aromatic nitrogens is 2. The summed E-state index contributed by atoms with van der Waals surface area (Å²) in [6, 6.07) is 3.28. The Kier molecular flexibility index (Phi) is 2.08. The Hall–Kier alpha value is -1.64. The van der Waals surface area contributed by atoms with E-state index >= 15 is 0 Å². The fraction of sp³-hybridized carbons (Fsp3) is 0.273. The highest BCUT2D eigenvalue weighted by molar-refractivity contribution is 5.80. The van der Waals surface area contributed by atoms with Crippen LogP contribution in [0.15, 0.2) is 29.3 Å². The van der Waals surface area contributed by atoms with E-state index in [9.17, 15) is 4.79 Å². The normalized spacial score (nSPS) is 11.1. The van der Waals surface area contributed by atoms with Gasteiger partial charge in [0.15, 0.2) is 5.43 Å². The van der Waals surface area contributed by atoms with Crippen molar-refractivity contribution in [3.05, 3.63) is 40.4 Å². The zero-order valence-electron chi connectivity index (χ0n) is 8.24. The van der Waals surface area contributed by atoms with Crippen LogP contribution in [0.25, 0.3) is 10.9 Å². The fourth-order valence-electron chi connectivity index (χ4n) is 1.56. The predicted octanol–water partition coefficient (Wildman–Crippen LogP) is 2.05. The van der Waals surface area contributed by atoms with Crippen molar-refractivity contribution < 1.29 is 0 Å². The number of nitrogens with one attached hydrogen (secondary N) is 1. The molecule has 0 spiro atoms. The molecular formula is C11H12N2O. The summed E-state index contributed by atoms with van der Waals surface area (Å²) in [6.07, 6.45) is 3.35. The van der Waals surface area contributed by atoms with Gasteiger partial charge in [0.25, 0.3) is 0 Å². The molecule has 0 bridgehead atoms. The summed E-state index contributed by atoms with van der Waals surface area (Å²) >= 11 is 0. The molecule has 2 aromatic rings. The lowest BCUT2D eigenvalue weighted by atomic mass is 10.1. The maximum Gasteiger partial charge on any atom is 0.189 e. The number of nitrogens with zero attached hydrogens (tertiary/aromatic N) is 1. The first kappa shape index (κ1) is 8.94. The fourth-order valence-corrected chi connectivity index (χ4v) is 1.56. The van der Waals surface area contributed by atoms with Gasteiger partial charge < -0.3 is 4.98 Å². The van der Waals surface area contributed by atoms with Crippen LogP contribution in [0, 0.1) is 0 Å². The number of hydrogen-bond donors (Lipinski definition) is 1. The summed E-state index contributed by atoms with van der Waals surface area (Å²) < 4.78 is 0. The first-order valence-electron chi connectivity index (χ1n) is 4.66. The standard InChI is InChI=1S/C11H12N2O/c1-7(2)10-11-8(3-5-12-10)9(14)4-6-13-11/h3-7H,1-2H3,(H,13,14). The summed E-state index contributed by atoms with van der Waals surface area (Å²) in [5.41, 5.74) is 1.85. The second kappa shape index (κ2) is 3.25. The van der Waals surface area contributed by atoms with E-state index in [1.165, 1.54) is 6.07 Å². The average Bonchev–Trinajstić information content (AvgIpc) is 2.17. The highest BCUT2D eigenvalue weighted by Gasteiger charge is 2.07. The number of aromatic amines is 1. The van der Waals surface area contributed by atoms with Crippen LogP contribution in [0.5, 0.6) is 0 Å². The summed E-state index contributed by atoms with van der Waals surface area (Å²) in [4.78, 5) is 18.9. The lowest BCUT2D eigenvalue weighted by Crippen LogP contribution is -2.04. The molecule has 0 aromatic carbocycles. The van der Waals surface area contributed by atoms with Crippen molar-refractivity contribution in [3.63, 3.8) is 0 Å². The molecule has 3 nitrogen and oxygen atoms in total. The molecule has 0 saturated carbocycles. The van der Waals surface area contributed by atoms with E-state index in [1.54, 1.807) is 18.5 Å². The average molecular weight is 188 g/mol. The number of H-pyrrole nitrogens is 1. The van der Waals surface area contributed by atoms with Gasteiger partial charge in [-0.1, -0.05) is 13.8 Å². The Morgan fingerprint density at radius 1 is 1.36 bits per heavy atom. The lowest BCUT2D eigenvalue weighted by Gasteiger charge is -2.07. The maximum absolute atomic E-state index is 11.5. The molecule has 2 aromatic heterocycles. The minimum atomic E-state index is 0.0445. The van der Waals surface area contributed by atoms with Crippen LogP contribution in [0.2, 0.25) is 0 Å². The van der Waals surface area contributed by atoms with E-state index in [1.807, 2.05) is 0 Å². The second-order valence-electron chi connectivity index (χ2n) is 3.62. The lowest BCUT2D eigenvalue weighted by molar-refractivity contribution is 0.830. The second-order valence-corrected chi connectivity index (χ2v) is 3.62. The summed E-state index contributed by atoms with van der Waals surface area (Å²) in [7, 11) is 0. The third-order valence-corrected chi connectivity index (χ3v) is 2.26. The Morgan fingerprint density at radius 3 is 2.86 bits per heavy atom. The van der Waals surface area contributed by atoms with Gasteiger partial charge in [-0.3, -0.25) is 9.78 Å². The van der Waals surface area contributed by atoms with Crippen molar-refractivity contribution in [1.29, 1.82) is 0 Å². The zero-order valence-corrected chi connectivity index (χ0v) is 8.24. The van der Waals surface area contributed by atoms with Crippen LogP contribution >= 0.6 is 0 Å². The molecule has 0 aliphatic heterocycles. The van der Waals surface area contributed by atoms with Crippen LogP contribution in [0.1, 0.15) is 25.5 Å². The van der Waals surface area contributed by atoms with E-state index < -0.39 is 0 Å². The molecule has 0 aliphatic carbocycles. The van der Waals surface area contributed by atoms with E-state index in [0.29, 0.717) is 11.3 Å². The Bertz CT molecular complexity index is 514. The van der Waals surface area contributed by atoms with Crippen LogP contribution in [-0.4, -0.2) is 9.97 Å². The van der Waals surface area contributed by atoms with Crippen LogP contribution in [0.4, 0.5) is 0 Å². The van der Waals surface area contributed by atoms with Crippen LogP contribution in [0.3, 0.4) is 0 Å². The Balaban J connectivity index is 2.88. The zero-order chi connectivity index (χ0) is 10.1. The molecular weight excluding hydrogens is 176 g/mol. The molecule has 1 N–H and O–H groups in total. The molecule has 0 aliphatic rings. The Morgan fingerprint density at radius 2 is 2.14 bits per heavy atom. The van der Waals surface area contributed by atoms with Gasteiger partial charge in [0.1, 0.15) is 0 Å². The molecule has 0 radical (unpaired) electrons. The Labute approximate surface area is 81.8 Å². The first-order valence-corrected chi connectivity index (χ1v) is 4.66. The molecule has 2 rings (SSSR count). The van der Waals surface area contributed by atoms with Crippen molar-refractivity contribution in [2.24, 2.45) is 0 Å². The molecule has 0 fully saturated rings. The van der Waals surface area contributed by atoms with Gasteiger partial charge in [-0.05, 0) is 12.0 Å². The largest absolute Gasteiger partial charge is 0.359 e. The van der Waals surface area contributed by atoms with Crippen molar-refractivity contribution in [3.8, 4) is 0 Å².